The van der Waals surface area contributed by atoms with Gasteiger partial charge in [-0.1, -0.05) is 6.92 Å². The van der Waals surface area contributed by atoms with Gasteiger partial charge < -0.3 is 15.8 Å². The number of hydrogen-bond donors (Lipinski definition) is 4. The molecule has 1 aromatic heterocycles. The van der Waals surface area contributed by atoms with E-state index in [2.05, 4.69) is 10.3 Å². The molecule has 13 heteroatoms. The number of halogens is 3. The average molecular weight is 459 g/mol. The van der Waals surface area contributed by atoms with Crippen LogP contribution in [-0.2, 0) is 14.8 Å². The lowest BCUT2D eigenvalue weighted by atomic mass is 10.1. The Morgan fingerprint density at radius 3 is 2.68 bits per heavy atom. The summed E-state index contributed by atoms with van der Waals surface area (Å²) in [6, 6.07) is 2.76. The van der Waals surface area contributed by atoms with Gasteiger partial charge in [-0.05, 0) is 24.6 Å². The number of sulfonamides is 1. The van der Waals surface area contributed by atoms with Crippen LogP contribution < -0.4 is 15.8 Å². The summed E-state index contributed by atoms with van der Waals surface area (Å²) in [5.41, 5.74) is 3.86. The number of alkyl halides is 1. The van der Waals surface area contributed by atoms with Gasteiger partial charge in [0.1, 0.15) is 30.5 Å². The van der Waals surface area contributed by atoms with E-state index in [0.29, 0.717) is 0 Å². The average Bonchev–Trinajstić information content (AvgIpc) is 2.69. The number of pyridine rings is 1. The van der Waals surface area contributed by atoms with Crippen LogP contribution >= 0.6 is 0 Å². The van der Waals surface area contributed by atoms with Gasteiger partial charge in [-0.15, -0.1) is 0 Å². The third-order valence-corrected chi connectivity index (χ3v) is 5.28. The van der Waals surface area contributed by atoms with Gasteiger partial charge in [-0.2, -0.15) is 0 Å². The first-order valence-corrected chi connectivity index (χ1v) is 10.6. The van der Waals surface area contributed by atoms with Gasteiger partial charge in [0, 0.05) is 0 Å². The highest BCUT2D eigenvalue weighted by Crippen LogP contribution is 2.24. The molecule has 0 fully saturated rings. The number of ether oxygens (including phenoxy) is 1. The van der Waals surface area contributed by atoms with Crippen molar-refractivity contribution in [2.45, 2.75) is 13.3 Å². The Labute approximate surface area is 176 Å². The number of nitrogen functional groups attached to an aromatic ring is 1. The molecule has 9 nitrogen and oxygen atoms in total. The Bertz CT molecular complexity index is 1100. The molecule has 0 aliphatic heterocycles. The van der Waals surface area contributed by atoms with Gasteiger partial charge >= 0.3 is 0 Å². The minimum Gasteiger partial charge on any atom is -0.475 e. The first kappa shape index (κ1) is 23.9. The van der Waals surface area contributed by atoms with Crippen LogP contribution in [0.1, 0.15) is 29.3 Å². The van der Waals surface area contributed by atoms with Crippen LogP contribution in [0.25, 0.3) is 0 Å². The van der Waals surface area contributed by atoms with E-state index in [1.807, 2.05) is 4.72 Å². The fraction of sp³-hybridized carbons (Fsp3) is 0.278. The van der Waals surface area contributed by atoms with Gasteiger partial charge in [-0.3, -0.25) is 14.9 Å². The minimum atomic E-state index is -3.88. The van der Waals surface area contributed by atoms with Crippen LogP contribution in [0.2, 0.25) is 0 Å². The first-order chi connectivity index (χ1) is 14.6. The van der Waals surface area contributed by atoms with Crippen molar-refractivity contribution in [3.8, 4) is 0 Å². The molecular formula is C18H20F3N5O4S. The Kier molecular flexibility index (Phi) is 7.80. The summed E-state index contributed by atoms with van der Waals surface area (Å²) in [5.74, 6) is -4.81. The molecule has 0 aliphatic carbocycles. The predicted molar refractivity (Wildman–Crippen MR) is 109 cm³/mol. The lowest BCUT2D eigenvalue weighted by Crippen LogP contribution is -2.21. The van der Waals surface area contributed by atoms with E-state index >= 15 is 0 Å². The van der Waals surface area contributed by atoms with Gasteiger partial charge in [0.15, 0.2) is 5.82 Å². The Morgan fingerprint density at radius 2 is 2.03 bits per heavy atom. The second kappa shape index (κ2) is 10.1. The number of amides is 1. The van der Waals surface area contributed by atoms with Gasteiger partial charge in [-0.25, -0.2) is 26.6 Å². The van der Waals surface area contributed by atoms with Crippen LogP contribution in [0.15, 0.2) is 24.4 Å². The van der Waals surface area contributed by atoms with Crippen molar-refractivity contribution in [3.63, 3.8) is 0 Å². The molecule has 0 unspecified atom stereocenters. The summed E-state index contributed by atoms with van der Waals surface area (Å²) in [5, 5.41) is 9.92. The van der Waals surface area contributed by atoms with Crippen LogP contribution in [0.5, 0.6) is 0 Å². The van der Waals surface area contributed by atoms with Crippen molar-refractivity contribution in [2.24, 2.45) is 0 Å². The number of rotatable bonds is 9. The predicted octanol–water partition coefficient (Wildman–Crippen LogP) is 2.66. The third kappa shape index (κ3) is 6.07. The fourth-order valence-corrected chi connectivity index (χ4v) is 3.60. The second-order valence-electron chi connectivity index (χ2n) is 6.18. The Morgan fingerprint density at radius 1 is 1.32 bits per heavy atom. The number of nitrogens with two attached hydrogens (primary N) is 1. The summed E-state index contributed by atoms with van der Waals surface area (Å²) in [4.78, 5) is 16.2. The zero-order valence-corrected chi connectivity index (χ0v) is 17.2. The zero-order valence-electron chi connectivity index (χ0n) is 16.3. The van der Waals surface area contributed by atoms with Crippen molar-refractivity contribution < 1.29 is 31.1 Å². The van der Waals surface area contributed by atoms with E-state index in [4.69, 9.17) is 15.9 Å². The number of anilines is 3. The molecule has 1 amide bonds. The van der Waals surface area contributed by atoms with E-state index in [1.165, 1.54) is 0 Å². The number of benzene rings is 1. The van der Waals surface area contributed by atoms with Crippen LogP contribution in [0, 0.1) is 17.0 Å². The largest absolute Gasteiger partial charge is 0.475 e. The van der Waals surface area contributed by atoms with Crippen molar-refractivity contribution in [3.05, 3.63) is 47.2 Å². The maximum absolute atomic E-state index is 14.7. The van der Waals surface area contributed by atoms with E-state index in [1.54, 1.807) is 6.92 Å². The molecular weight excluding hydrogens is 439 g/mol. The van der Waals surface area contributed by atoms with Crippen LogP contribution in [0.3, 0.4) is 0 Å². The summed E-state index contributed by atoms with van der Waals surface area (Å²) in [7, 11) is -3.88. The number of nitrogens with one attached hydrogen (secondary N) is 3. The maximum atomic E-state index is 14.7. The molecule has 168 valence electrons. The number of aromatic nitrogens is 1. The molecule has 0 atom stereocenters. The van der Waals surface area contributed by atoms with Crippen LogP contribution in [-0.4, -0.2) is 44.2 Å². The molecule has 0 spiro atoms. The van der Waals surface area contributed by atoms with Crippen molar-refractivity contribution >= 4 is 39.0 Å². The van der Waals surface area contributed by atoms with Gasteiger partial charge in [0.2, 0.25) is 15.9 Å². The summed E-state index contributed by atoms with van der Waals surface area (Å²) in [6.45, 7) is 0.366. The highest BCUT2D eigenvalue weighted by atomic mass is 32.2. The molecule has 2 rings (SSSR count). The summed E-state index contributed by atoms with van der Waals surface area (Å²) >= 11 is 0. The molecule has 1 aromatic carbocycles. The molecule has 0 radical (unpaired) electrons. The minimum absolute atomic E-state index is 0.0757. The van der Waals surface area contributed by atoms with E-state index in [-0.39, 0.29) is 29.2 Å². The van der Waals surface area contributed by atoms with Crippen molar-refractivity contribution in [1.82, 2.24) is 4.98 Å². The van der Waals surface area contributed by atoms with E-state index in [9.17, 15) is 26.4 Å². The standard InChI is InChI=1S/C18H20F3N5O4S/c1-2-7-31(28,29)26-13-4-3-12(20)14(15(13)21)18(27)25-10-8-11(16(22)24-9-10)17(23)30-6-5-19/h3-4,8-9,23,26H,2,5-7H2,1H3,(H2,22,24)(H,25,27). The molecule has 31 heavy (non-hydrogen) atoms. The normalized spacial score (nSPS) is 11.1. The van der Waals surface area contributed by atoms with Gasteiger partial charge in [0.25, 0.3) is 5.91 Å². The highest BCUT2D eigenvalue weighted by molar-refractivity contribution is 7.92. The Hall–Kier alpha value is -3.35. The Balaban J connectivity index is 2.32. The molecule has 0 saturated carbocycles. The molecule has 0 aliphatic rings. The number of hydrogen-bond acceptors (Lipinski definition) is 7. The summed E-state index contributed by atoms with van der Waals surface area (Å²) < 4.78 is 71.6. The summed E-state index contributed by atoms with van der Waals surface area (Å²) in [6.07, 6.45) is 1.34. The maximum Gasteiger partial charge on any atom is 0.261 e. The topological polar surface area (TPSA) is 147 Å². The SMILES string of the molecule is CCCS(=O)(=O)Nc1ccc(F)c(C(=O)Nc2cnc(N)c(C(=N)OCCF)c2)c1F. The molecule has 2 aromatic rings. The number of carbonyl (C=O) groups excluding carboxylic acids is 1. The number of nitrogens with zero attached hydrogens (tertiary/aromatic N) is 1. The molecule has 0 bridgehead atoms. The lowest BCUT2D eigenvalue weighted by Gasteiger charge is -2.13. The monoisotopic (exact) mass is 459 g/mol. The quantitative estimate of drug-likeness (QED) is 0.335. The van der Waals surface area contributed by atoms with E-state index in [0.717, 1.165) is 24.4 Å². The third-order valence-electron chi connectivity index (χ3n) is 3.80. The zero-order chi connectivity index (χ0) is 23.2. The highest BCUT2D eigenvalue weighted by Gasteiger charge is 2.23. The molecule has 5 N–H and O–H groups in total. The second-order valence-corrected chi connectivity index (χ2v) is 8.02. The number of carbonyl (C=O) groups is 1. The van der Waals surface area contributed by atoms with E-state index < -0.39 is 58.0 Å². The van der Waals surface area contributed by atoms with Crippen LogP contribution in [0.4, 0.5) is 30.4 Å². The first-order valence-electron chi connectivity index (χ1n) is 8.92. The van der Waals surface area contributed by atoms with Gasteiger partial charge in [0.05, 0.1) is 28.9 Å². The smallest absolute Gasteiger partial charge is 0.261 e. The van der Waals surface area contributed by atoms with Crippen molar-refractivity contribution in [1.29, 1.82) is 5.41 Å². The lowest BCUT2D eigenvalue weighted by molar-refractivity contribution is 0.101. The fourth-order valence-electron chi connectivity index (χ4n) is 2.46. The molecule has 1 heterocycles. The van der Waals surface area contributed by atoms with Crippen molar-refractivity contribution in [2.75, 3.05) is 34.8 Å². The molecule has 0 saturated heterocycles.